The first-order valence-corrected chi connectivity index (χ1v) is 9.72. The quantitative estimate of drug-likeness (QED) is 0.414. The van der Waals surface area contributed by atoms with E-state index in [9.17, 15) is 31.5 Å². The maximum Gasteiger partial charge on any atom is 0.416 e. The number of hydrogen-bond acceptors (Lipinski definition) is 4. The fraction of sp³-hybridized carbons (Fsp3) is 0.250. The van der Waals surface area contributed by atoms with Gasteiger partial charge in [-0.25, -0.2) is 13.6 Å². The van der Waals surface area contributed by atoms with Gasteiger partial charge in [0.2, 0.25) is 0 Å². The van der Waals surface area contributed by atoms with Gasteiger partial charge in [0, 0.05) is 11.6 Å². The summed E-state index contributed by atoms with van der Waals surface area (Å²) in [6, 6.07) is 4.43. The zero-order valence-corrected chi connectivity index (χ0v) is 17.0. The molecule has 1 heterocycles. The normalized spacial score (nSPS) is 13.5. The lowest BCUT2D eigenvalue weighted by Crippen LogP contribution is -2.28. The van der Waals surface area contributed by atoms with Gasteiger partial charge in [-0.05, 0) is 30.7 Å². The summed E-state index contributed by atoms with van der Waals surface area (Å²) in [5.74, 6) is -4.02. The molecule has 0 spiro atoms. The van der Waals surface area contributed by atoms with E-state index in [1.54, 1.807) is 6.92 Å². The van der Waals surface area contributed by atoms with E-state index < -0.39 is 41.3 Å². The van der Waals surface area contributed by atoms with E-state index in [1.807, 2.05) is 0 Å². The third kappa shape index (κ3) is 4.50. The predicted octanol–water partition coefficient (Wildman–Crippen LogP) is 4.87. The second-order valence-electron chi connectivity index (χ2n) is 6.43. The molecule has 1 atom stereocenters. The molecule has 3 aromatic rings. The smallest absolute Gasteiger partial charge is 0.416 e. The third-order valence-electron chi connectivity index (χ3n) is 4.47. The molecule has 5 nitrogen and oxygen atoms in total. The highest BCUT2D eigenvalue weighted by molar-refractivity contribution is 7.16. The van der Waals surface area contributed by atoms with Crippen LogP contribution in [0.5, 0.6) is 0 Å². The SMILES string of the molecule is CCC(C(=O)OC)n1c(=NC(=O)c2cccc(C(F)(F)F)c2)sc2cc(F)c(F)cc21. The van der Waals surface area contributed by atoms with Crippen molar-refractivity contribution in [3.8, 4) is 0 Å². The minimum Gasteiger partial charge on any atom is -0.467 e. The summed E-state index contributed by atoms with van der Waals surface area (Å²) in [4.78, 5) is 28.6. The maximum absolute atomic E-state index is 13.9. The van der Waals surface area contributed by atoms with Gasteiger partial charge in [-0.3, -0.25) is 4.79 Å². The van der Waals surface area contributed by atoms with Crippen LogP contribution in [-0.4, -0.2) is 23.6 Å². The van der Waals surface area contributed by atoms with Crippen molar-refractivity contribution in [1.82, 2.24) is 4.57 Å². The number of thiazole rings is 1. The Balaban J connectivity index is 2.23. The average molecular weight is 458 g/mol. The Morgan fingerprint density at radius 3 is 2.45 bits per heavy atom. The van der Waals surface area contributed by atoms with E-state index in [-0.39, 0.29) is 27.0 Å². The first kappa shape index (κ1) is 22.6. The number of esters is 1. The van der Waals surface area contributed by atoms with Crippen molar-refractivity contribution in [2.75, 3.05) is 7.11 Å². The van der Waals surface area contributed by atoms with Crippen molar-refractivity contribution in [3.05, 3.63) is 64.0 Å². The number of alkyl halides is 3. The monoisotopic (exact) mass is 458 g/mol. The Morgan fingerprint density at radius 2 is 1.84 bits per heavy atom. The third-order valence-corrected chi connectivity index (χ3v) is 5.49. The number of fused-ring (bicyclic) bond motifs is 1. The van der Waals surface area contributed by atoms with Crippen LogP contribution >= 0.6 is 11.3 Å². The van der Waals surface area contributed by atoms with Gasteiger partial charge >= 0.3 is 12.1 Å². The number of rotatable bonds is 4. The zero-order chi connectivity index (χ0) is 22.9. The molecule has 1 aromatic heterocycles. The predicted molar refractivity (Wildman–Crippen MR) is 102 cm³/mol. The van der Waals surface area contributed by atoms with E-state index in [0.717, 1.165) is 48.8 Å². The van der Waals surface area contributed by atoms with Crippen LogP contribution in [0.3, 0.4) is 0 Å². The summed E-state index contributed by atoms with van der Waals surface area (Å²) < 4.78 is 72.6. The van der Waals surface area contributed by atoms with Gasteiger partial charge in [-0.2, -0.15) is 18.2 Å². The lowest BCUT2D eigenvalue weighted by atomic mass is 10.1. The standard InChI is InChI=1S/C20H15F5N2O3S/c1-3-14(18(29)30-2)27-15-8-12(21)13(22)9-16(15)31-19(27)26-17(28)10-5-4-6-11(7-10)20(23,24)25/h4-9,14H,3H2,1-2H3. The van der Waals surface area contributed by atoms with Crippen molar-refractivity contribution in [2.45, 2.75) is 25.6 Å². The van der Waals surface area contributed by atoms with Gasteiger partial charge in [0.1, 0.15) is 6.04 Å². The largest absolute Gasteiger partial charge is 0.467 e. The highest BCUT2D eigenvalue weighted by Crippen LogP contribution is 2.30. The number of nitrogens with zero attached hydrogens (tertiary/aromatic N) is 2. The minimum atomic E-state index is -4.65. The van der Waals surface area contributed by atoms with E-state index in [1.165, 1.54) is 4.57 Å². The van der Waals surface area contributed by atoms with Crippen molar-refractivity contribution >= 4 is 33.4 Å². The number of hydrogen-bond donors (Lipinski definition) is 0. The molecule has 1 unspecified atom stereocenters. The molecular formula is C20H15F5N2O3S. The first-order chi connectivity index (χ1) is 14.6. The fourth-order valence-electron chi connectivity index (χ4n) is 2.99. The number of carbonyl (C=O) groups is 2. The van der Waals surface area contributed by atoms with Crippen molar-refractivity contribution < 1.29 is 36.3 Å². The van der Waals surface area contributed by atoms with Gasteiger partial charge in [0.15, 0.2) is 16.4 Å². The van der Waals surface area contributed by atoms with Gasteiger partial charge in [-0.1, -0.05) is 24.3 Å². The molecular weight excluding hydrogens is 443 g/mol. The molecule has 0 aliphatic rings. The summed E-state index contributed by atoms with van der Waals surface area (Å²) in [6.45, 7) is 1.64. The molecule has 11 heteroatoms. The molecule has 0 fully saturated rings. The molecule has 0 saturated carbocycles. The van der Waals surface area contributed by atoms with Gasteiger partial charge < -0.3 is 9.30 Å². The number of ether oxygens (including phenoxy) is 1. The van der Waals surface area contributed by atoms with Crippen LogP contribution in [0, 0.1) is 11.6 Å². The van der Waals surface area contributed by atoms with Crippen LogP contribution in [0.15, 0.2) is 41.4 Å². The second kappa shape index (κ2) is 8.58. The Bertz CT molecular complexity index is 1230. The Hall–Kier alpha value is -3.08. The Kier molecular flexibility index (Phi) is 6.25. The van der Waals surface area contributed by atoms with Crippen LogP contribution in [0.1, 0.15) is 35.3 Å². The molecule has 0 aliphatic carbocycles. The van der Waals surface area contributed by atoms with Gasteiger partial charge in [-0.15, -0.1) is 0 Å². The first-order valence-electron chi connectivity index (χ1n) is 8.91. The summed E-state index contributed by atoms with van der Waals surface area (Å²) in [6.07, 6.45) is -4.48. The molecule has 31 heavy (non-hydrogen) atoms. The van der Waals surface area contributed by atoms with Crippen LogP contribution < -0.4 is 4.80 Å². The Labute approximate surface area is 176 Å². The summed E-state index contributed by atoms with van der Waals surface area (Å²) in [7, 11) is 1.14. The molecule has 164 valence electrons. The number of methoxy groups -OCH3 is 1. The lowest BCUT2D eigenvalue weighted by Gasteiger charge is -2.15. The fourth-order valence-corrected chi connectivity index (χ4v) is 4.06. The van der Waals surface area contributed by atoms with Crippen molar-refractivity contribution in [3.63, 3.8) is 0 Å². The molecule has 2 aromatic carbocycles. The topological polar surface area (TPSA) is 60.7 Å². The molecule has 0 bridgehead atoms. The maximum atomic E-state index is 13.9. The molecule has 0 N–H and O–H groups in total. The highest BCUT2D eigenvalue weighted by Gasteiger charge is 2.31. The average Bonchev–Trinajstić information content (AvgIpc) is 3.04. The van der Waals surface area contributed by atoms with Gasteiger partial charge in [0.25, 0.3) is 5.91 Å². The van der Waals surface area contributed by atoms with Crippen LogP contribution in [-0.2, 0) is 15.7 Å². The second-order valence-corrected chi connectivity index (χ2v) is 7.44. The van der Waals surface area contributed by atoms with Crippen LogP contribution in [0.4, 0.5) is 22.0 Å². The minimum absolute atomic E-state index is 0.0942. The number of benzene rings is 2. The van der Waals surface area contributed by atoms with Gasteiger partial charge in [0.05, 0.1) is 22.9 Å². The zero-order valence-electron chi connectivity index (χ0n) is 16.2. The highest BCUT2D eigenvalue weighted by atomic mass is 32.1. The number of aromatic nitrogens is 1. The number of halogens is 5. The number of amides is 1. The lowest BCUT2D eigenvalue weighted by molar-refractivity contribution is -0.144. The van der Waals surface area contributed by atoms with E-state index in [2.05, 4.69) is 4.99 Å². The molecule has 3 rings (SSSR count). The van der Waals surface area contributed by atoms with Crippen LogP contribution in [0.2, 0.25) is 0 Å². The van der Waals surface area contributed by atoms with E-state index >= 15 is 0 Å². The summed E-state index contributed by atoms with van der Waals surface area (Å²) >= 11 is 0.790. The van der Waals surface area contributed by atoms with Crippen LogP contribution in [0.25, 0.3) is 10.2 Å². The van der Waals surface area contributed by atoms with Crippen molar-refractivity contribution in [2.24, 2.45) is 4.99 Å². The Morgan fingerprint density at radius 1 is 1.16 bits per heavy atom. The number of carbonyl (C=O) groups excluding carboxylic acids is 2. The summed E-state index contributed by atoms with van der Waals surface area (Å²) in [5, 5.41) is 0. The van der Waals surface area contributed by atoms with E-state index in [0.29, 0.717) is 6.07 Å². The summed E-state index contributed by atoms with van der Waals surface area (Å²) in [5.41, 5.74) is -1.26. The molecule has 0 radical (unpaired) electrons. The van der Waals surface area contributed by atoms with E-state index in [4.69, 9.17) is 4.74 Å². The molecule has 1 amide bonds. The van der Waals surface area contributed by atoms with Crippen molar-refractivity contribution in [1.29, 1.82) is 0 Å². The molecule has 0 saturated heterocycles. The molecule has 0 aliphatic heterocycles.